The van der Waals surface area contributed by atoms with Crippen molar-refractivity contribution in [3.63, 3.8) is 0 Å². The monoisotopic (exact) mass is 287 g/mol. The maximum atomic E-state index is 2.44. The van der Waals surface area contributed by atoms with Gasteiger partial charge in [0, 0.05) is 5.44 Å². The Kier molecular flexibility index (Phi) is 7.22. The zero-order valence-corrected chi connectivity index (χ0v) is 15.9. The summed E-state index contributed by atoms with van der Waals surface area (Å²) in [6.45, 7) is 2.80. The van der Waals surface area contributed by atoms with Crippen molar-refractivity contribution < 1.29 is 0 Å². The van der Waals surface area contributed by atoms with E-state index in [-0.39, 0.29) is 0 Å². The molecule has 0 aromatic heterocycles. The Morgan fingerprint density at radius 1 is 0.632 bits per heavy atom. The van der Waals surface area contributed by atoms with E-state index in [1.165, 1.54) is 0 Å². The predicted molar refractivity (Wildman–Crippen MR) is 89.4 cm³/mol. The minimum atomic E-state index is -1.90. The van der Waals surface area contributed by atoms with Crippen LogP contribution in [0.5, 0.6) is 0 Å². The average molecular weight is 287 g/mol. The lowest BCUT2D eigenvalue weighted by Crippen LogP contribution is -2.76. The van der Waals surface area contributed by atoms with Crippen molar-refractivity contribution in [2.45, 2.75) is 12.4 Å². The highest BCUT2D eigenvalue weighted by Crippen LogP contribution is 2.30. The quantitative estimate of drug-likeness (QED) is 0.618. The molecule has 0 bridgehead atoms. The third-order valence-electron chi connectivity index (χ3n) is 4.09. The molecule has 0 aromatic carbocycles. The van der Waals surface area contributed by atoms with E-state index in [1.807, 2.05) is 0 Å². The van der Waals surface area contributed by atoms with Crippen molar-refractivity contribution in [1.82, 2.24) is 23.3 Å². The summed E-state index contributed by atoms with van der Waals surface area (Å²) in [6.07, 6.45) is 0. The van der Waals surface area contributed by atoms with Crippen molar-refractivity contribution in [3.8, 4) is 0 Å². The lowest BCUT2D eigenvalue weighted by Gasteiger charge is -2.53. The molecule has 0 aromatic rings. The van der Waals surface area contributed by atoms with Crippen LogP contribution in [0.4, 0.5) is 0 Å². The molecule has 0 N–H and O–H groups in total. The van der Waals surface area contributed by atoms with Gasteiger partial charge in [-0.25, -0.2) is 0 Å². The maximum Gasteiger partial charge on any atom is 0.314 e. The normalized spacial score (nSPS) is 15.2. The van der Waals surface area contributed by atoms with Gasteiger partial charge in [0.1, 0.15) is 0 Å². The van der Waals surface area contributed by atoms with Gasteiger partial charge in [0.15, 0.2) is 0 Å². The van der Waals surface area contributed by atoms with Crippen LogP contribution in [0.3, 0.4) is 0 Å². The Labute approximate surface area is 122 Å². The zero-order valence-electron chi connectivity index (χ0n) is 14.9. The lowest BCUT2D eigenvalue weighted by atomic mass is 9.69. The molecule has 0 heterocycles. The van der Waals surface area contributed by atoms with E-state index in [0.717, 1.165) is 0 Å². The minimum absolute atomic E-state index is 0.416. The summed E-state index contributed by atoms with van der Waals surface area (Å²) in [5, 5.41) is 0. The predicted octanol–water partition coefficient (Wildman–Crippen LogP) is 0.151. The second-order valence-electron chi connectivity index (χ2n) is 6.50. The molecule has 0 amide bonds. The Hall–Kier alpha value is 0.0818. The van der Waals surface area contributed by atoms with Crippen molar-refractivity contribution in [2.24, 2.45) is 0 Å². The van der Waals surface area contributed by atoms with Crippen LogP contribution in [-0.2, 0) is 0 Å². The van der Waals surface area contributed by atoms with Crippen LogP contribution < -0.4 is 0 Å². The summed E-state index contributed by atoms with van der Waals surface area (Å²) in [4.78, 5) is 4.64. The van der Waals surface area contributed by atoms with Gasteiger partial charge in [0.25, 0.3) is 8.56 Å². The van der Waals surface area contributed by atoms with Crippen molar-refractivity contribution in [2.75, 3.05) is 70.5 Å². The SMILES string of the molecule is CC(B(N(C)C)N(C)C)[Si](N(C)C)(N(C)C)N(C)C. The molecule has 0 radical (unpaired) electrons. The fourth-order valence-electron chi connectivity index (χ4n) is 3.98. The molecule has 0 spiro atoms. The van der Waals surface area contributed by atoms with Gasteiger partial charge < -0.3 is 23.3 Å². The second-order valence-corrected chi connectivity index (χ2v) is 11.5. The van der Waals surface area contributed by atoms with Crippen molar-refractivity contribution >= 4 is 15.5 Å². The molecule has 1 atom stereocenters. The first-order valence-corrected chi connectivity index (χ1v) is 8.78. The smallest absolute Gasteiger partial charge is 0.314 e. The van der Waals surface area contributed by atoms with E-state index in [9.17, 15) is 0 Å². The highest BCUT2D eigenvalue weighted by Gasteiger charge is 2.53. The van der Waals surface area contributed by atoms with Crippen LogP contribution in [0, 0.1) is 0 Å². The summed E-state index contributed by atoms with van der Waals surface area (Å²) < 4.78 is 7.33. The van der Waals surface area contributed by atoms with E-state index >= 15 is 0 Å². The Morgan fingerprint density at radius 2 is 0.895 bits per heavy atom. The lowest BCUT2D eigenvalue weighted by molar-refractivity contribution is 0.364. The van der Waals surface area contributed by atoms with E-state index in [2.05, 4.69) is 101 Å². The molecule has 1 unspecified atom stereocenters. The largest absolute Gasteiger partial charge is 0.334 e. The molecule has 0 saturated carbocycles. The van der Waals surface area contributed by atoms with Crippen LogP contribution in [0.1, 0.15) is 6.92 Å². The highest BCUT2D eigenvalue weighted by molar-refractivity contribution is 6.85. The van der Waals surface area contributed by atoms with Gasteiger partial charge in [0.05, 0.1) is 0 Å². The summed E-state index contributed by atoms with van der Waals surface area (Å²) in [6, 6.07) is 0. The maximum absolute atomic E-state index is 2.44. The molecule has 0 saturated heterocycles. The van der Waals surface area contributed by atoms with Gasteiger partial charge >= 0.3 is 6.98 Å². The van der Waals surface area contributed by atoms with Gasteiger partial charge in [-0.15, -0.1) is 0 Å². The summed E-state index contributed by atoms with van der Waals surface area (Å²) in [7, 11) is 20.0. The Balaban J connectivity index is 5.72. The van der Waals surface area contributed by atoms with E-state index in [0.29, 0.717) is 12.4 Å². The third kappa shape index (κ3) is 3.59. The zero-order chi connectivity index (χ0) is 15.5. The van der Waals surface area contributed by atoms with Gasteiger partial charge in [0.2, 0.25) is 0 Å². The first-order chi connectivity index (χ1) is 8.51. The van der Waals surface area contributed by atoms with Gasteiger partial charge in [-0.2, -0.15) is 0 Å². The number of hydrogen-bond donors (Lipinski definition) is 0. The number of nitrogens with zero attached hydrogens (tertiary/aromatic N) is 5. The Bertz CT molecular complexity index is 241. The highest BCUT2D eigenvalue weighted by atomic mass is 28.4. The summed E-state index contributed by atoms with van der Waals surface area (Å²) in [5.41, 5.74) is 0.539. The fourth-order valence-corrected chi connectivity index (χ4v) is 9.82. The molecule has 7 heteroatoms. The van der Waals surface area contributed by atoms with Crippen molar-refractivity contribution in [3.05, 3.63) is 0 Å². The number of rotatable bonds is 7. The topological polar surface area (TPSA) is 16.2 Å². The molecule has 0 aliphatic heterocycles. The average Bonchev–Trinajstić information content (AvgIpc) is 2.13. The molecule has 0 fully saturated rings. The molecular weight excluding hydrogens is 253 g/mol. The van der Waals surface area contributed by atoms with E-state index in [1.54, 1.807) is 0 Å². The second kappa shape index (κ2) is 7.19. The van der Waals surface area contributed by atoms with Crippen LogP contribution >= 0.6 is 0 Å². The summed E-state index contributed by atoms with van der Waals surface area (Å²) in [5.74, 6) is 0. The number of hydrogen-bond acceptors (Lipinski definition) is 5. The van der Waals surface area contributed by atoms with Gasteiger partial charge in [-0.05, 0) is 70.5 Å². The minimum Gasteiger partial charge on any atom is -0.334 e. The first kappa shape index (κ1) is 19.1. The standard InChI is InChI=1S/C12H34BN5Si/c1-12(13(14(2)3)15(4)5)19(16(6)7,17(8)9)18(10)11/h12H,1-11H3. The molecule has 0 rings (SSSR count). The van der Waals surface area contributed by atoms with E-state index < -0.39 is 8.56 Å². The molecular formula is C12H34BN5Si. The van der Waals surface area contributed by atoms with Crippen LogP contribution in [0.25, 0.3) is 0 Å². The fraction of sp³-hybridized carbons (Fsp3) is 1.00. The molecule has 5 nitrogen and oxygen atoms in total. The Morgan fingerprint density at radius 3 is 1.05 bits per heavy atom. The van der Waals surface area contributed by atoms with Gasteiger partial charge in [-0.3, -0.25) is 0 Å². The molecule has 114 valence electrons. The van der Waals surface area contributed by atoms with Crippen LogP contribution in [0.15, 0.2) is 0 Å². The summed E-state index contributed by atoms with van der Waals surface area (Å²) >= 11 is 0. The third-order valence-corrected chi connectivity index (χ3v) is 9.56. The van der Waals surface area contributed by atoms with Crippen molar-refractivity contribution in [1.29, 1.82) is 0 Å². The molecule has 19 heavy (non-hydrogen) atoms. The molecule has 0 aliphatic rings. The molecule has 0 aliphatic carbocycles. The van der Waals surface area contributed by atoms with Crippen LogP contribution in [0.2, 0.25) is 5.44 Å². The van der Waals surface area contributed by atoms with E-state index in [4.69, 9.17) is 0 Å². The first-order valence-electron chi connectivity index (χ1n) is 6.86. The van der Waals surface area contributed by atoms with Crippen LogP contribution in [-0.4, -0.2) is 109 Å². The van der Waals surface area contributed by atoms with Gasteiger partial charge in [-0.1, -0.05) is 6.92 Å².